The molecule has 4 rings (SSSR count). The Kier molecular flexibility index (Phi) is 10.6. The van der Waals surface area contributed by atoms with Crippen LogP contribution in [0.2, 0.25) is 0 Å². The maximum absolute atomic E-state index is 13.4. The minimum atomic E-state index is -0.938. The number of hydrogen-bond acceptors (Lipinski definition) is 5. The summed E-state index contributed by atoms with van der Waals surface area (Å²) >= 11 is 0. The van der Waals surface area contributed by atoms with Crippen molar-refractivity contribution in [1.29, 1.82) is 0 Å². The smallest absolute Gasteiger partial charge is 0.407 e. The van der Waals surface area contributed by atoms with Crippen molar-refractivity contribution >= 4 is 40.3 Å². The molecule has 1 atom stereocenters. The first-order valence-electron chi connectivity index (χ1n) is 13.7. The van der Waals surface area contributed by atoms with Crippen molar-refractivity contribution in [3.8, 4) is 0 Å². The molecule has 0 fully saturated rings. The fraction of sp³-hybridized carbons (Fsp3) is 0.212. The standard InChI is InChI=1S/C33H33N3O6/c37-30(38)19-18-25-12-6-7-14-28(25)35-32(40)29(15-8-20-34-33(41)42-22-23-9-2-1-3-10-23)36-31(39)27-17-16-24-11-4-5-13-26(24)21-27/h1-7,9-14,16-17,21,29H,8,15,18-20,22H2,(H,34,41)(H,35,40)(H,36,39)(H,37,38). The van der Waals surface area contributed by atoms with E-state index in [0.717, 1.165) is 16.3 Å². The third-order valence-electron chi connectivity index (χ3n) is 6.67. The van der Waals surface area contributed by atoms with Crippen LogP contribution < -0.4 is 16.0 Å². The summed E-state index contributed by atoms with van der Waals surface area (Å²) in [5.74, 6) is -1.79. The minimum Gasteiger partial charge on any atom is -0.481 e. The molecule has 0 spiro atoms. The van der Waals surface area contributed by atoms with E-state index < -0.39 is 29.9 Å². The summed E-state index contributed by atoms with van der Waals surface area (Å²) in [6.45, 7) is 0.374. The third kappa shape index (κ3) is 8.92. The quantitative estimate of drug-likeness (QED) is 0.162. The van der Waals surface area contributed by atoms with Gasteiger partial charge in [0.15, 0.2) is 0 Å². The van der Waals surface area contributed by atoms with Crippen LogP contribution in [0.1, 0.15) is 40.7 Å². The Morgan fingerprint density at radius 2 is 1.52 bits per heavy atom. The Balaban J connectivity index is 1.40. The first kappa shape index (κ1) is 29.8. The first-order chi connectivity index (χ1) is 20.4. The lowest BCUT2D eigenvalue weighted by Crippen LogP contribution is -2.44. The highest BCUT2D eigenvalue weighted by Crippen LogP contribution is 2.19. The molecule has 4 N–H and O–H groups in total. The molecule has 0 heterocycles. The Bertz CT molecular complexity index is 1540. The first-order valence-corrected chi connectivity index (χ1v) is 13.7. The van der Waals surface area contributed by atoms with Crippen molar-refractivity contribution in [3.63, 3.8) is 0 Å². The van der Waals surface area contributed by atoms with Crippen LogP contribution >= 0.6 is 0 Å². The van der Waals surface area contributed by atoms with Gasteiger partial charge in [0.25, 0.3) is 5.91 Å². The molecule has 0 radical (unpaired) electrons. The van der Waals surface area contributed by atoms with Gasteiger partial charge in [-0.15, -0.1) is 0 Å². The Labute approximate surface area is 243 Å². The van der Waals surface area contributed by atoms with E-state index >= 15 is 0 Å². The molecule has 9 heteroatoms. The van der Waals surface area contributed by atoms with Gasteiger partial charge in [0.1, 0.15) is 12.6 Å². The normalized spacial score (nSPS) is 11.3. The Morgan fingerprint density at radius 3 is 2.31 bits per heavy atom. The number of amides is 3. The molecule has 42 heavy (non-hydrogen) atoms. The van der Waals surface area contributed by atoms with Crippen LogP contribution in [0.4, 0.5) is 10.5 Å². The molecule has 0 aliphatic rings. The summed E-state index contributed by atoms with van der Waals surface area (Å²) in [5.41, 5.74) is 2.44. The summed E-state index contributed by atoms with van der Waals surface area (Å²) in [6, 6.07) is 28.4. The van der Waals surface area contributed by atoms with Gasteiger partial charge in [-0.05, 0) is 59.4 Å². The molecule has 0 aliphatic carbocycles. The van der Waals surface area contributed by atoms with Crippen LogP contribution in [0, 0.1) is 0 Å². The van der Waals surface area contributed by atoms with E-state index in [9.17, 15) is 19.2 Å². The number of anilines is 1. The summed E-state index contributed by atoms with van der Waals surface area (Å²) in [6.07, 6.45) is 0.210. The van der Waals surface area contributed by atoms with E-state index in [1.54, 1.807) is 36.4 Å². The molecule has 0 aliphatic heterocycles. The lowest BCUT2D eigenvalue weighted by Gasteiger charge is -2.20. The lowest BCUT2D eigenvalue weighted by molar-refractivity contribution is -0.137. The van der Waals surface area contributed by atoms with Crippen molar-refractivity contribution < 1.29 is 29.0 Å². The molecular weight excluding hydrogens is 534 g/mol. The van der Waals surface area contributed by atoms with Crippen LogP contribution in [-0.4, -0.2) is 41.6 Å². The van der Waals surface area contributed by atoms with E-state index in [2.05, 4.69) is 16.0 Å². The highest BCUT2D eigenvalue weighted by molar-refractivity contribution is 6.03. The number of benzene rings is 4. The van der Waals surface area contributed by atoms with Gasteiger partial charge in [0.2, 0.25) is 5.91 Å². The van der Waals surface area contributed by atoms with Crippen LogP contribution in [-0.2, 0) is 27.4 Å². The zero-order valence-electron chi connectivity index (χ0n) is 23.0. The van der Waals surface area contributed by atoms with Gasteiger partial charge in [-0.1, -0.05) is 78.9 Å². The molecule has 1 unspecified atom stereocenters. The molecule has 0 saturated carbocycles. The molecule has 4 aromatic carbocycles. The van der Waals surface area contributed by atoms with E-state index in [-0.39, 0.29) is 32.4 Å². The topological polar surface area (TPSA) is 134 Å². The summed E-state index contributed by atoms with van der Waals surface area (Å²) in [4.78, 5) is 49.8. The number of para-hydroxylation sites is 1. The van der Waals surface area contributed by atoms with Gasteiger partial charge >= 0.3 is 12.1 Å². The second kappa shape index (κ2) is 15.0. The minimum absolute atomic E-state index is 0.0823. The average Bonchev–Trinajstić information content (AvgIpc) is 3.01. The van der Waals surface area contributed by atoms with Crippen molar-refractivity contribution in [3.05, 3.63) is 114 Å². The maximum Gasteiger partial charge on any atom is 0.407 e. The maximum atomic E-state index is 13.4. The number of aryl methyl sites for hydroxylation is 1. The summed E-state index contributed by atoms with van der Waals surface area (Å²) in [7, 11) is 0. The van der Waals surface area contributed by atoms with Crippen molar-refractivity contribution in [2.45, 2.75) is 38.3 Å². The molecule has 3 amide bonds. The van der Waals surface area contributed by atoms with Gasteiger partial charge in [-0.2, -0.15) is 0 Å². The average molecular weight is 568 g/mol. The molecular formula is C33H33N3O6. The number of ether oxygens (including phenoxy) is 1. The number of carboxylic acid groups (broad SMARTS) is 1. The fourth-order valence-corrected chi connectivity index (χ4v) is 4.43. The summed E-state index contributed by atoms with van der Waals surface area (Å²) in [5, 5.41) is 19.3. The van der Waals surface area contributed by atoms with E-state index in [1.807, 2.05) is 60.7 Å². The van der Waals surface area contributed by atoms with Gasteiger partial charge in [-0.25, -0.2) is 4.79 Å². The highest BCUT2D eigenvalue weighted by atomic mass is 16.5. The highest BCUT2D eigenvalue weighted by Gasteiger charge is 2.22. The second-order valence-electron chi connectivity index (χ2n) is 9.76. The zero-order valence-corrected chi connectivity index (χ0v) is 23.0. The van der Waals surface area contributed by atoms with Crippen LogP contribution in [0.5, 0.6) is 0 Å². The number of rotatable bonds is 13. The number of carboxylic acids is 1. The van der Waals surface area contributed by atoms with Gasteiger partial charge in [0.05, 0.1) is 0 Å². The van der Waals surface area contributed by atoms with Crippen LogP contribution in [0.15, 0.2) is 97.1 Å². The molecule has 0 bridgehead atoms. The molecule has 9 nitrogen and oxygen atoms in total. The number of carbonyl (C=O) groups excluding carboxylic acids is 3. The third-order valence-corrected chi connectivity index (χ3v) is 6.67. The fourth-order valence-electron chi connectivity index (χ4n) is 4.43. The number of carbonyl (C=O) groups is 4. The largest absolute Gasteiger partial charge is 0.481 e. The summed E-state index contributed by atoms with van der Waals surface area (Å²) < 4.78 is 5.23. The zero-order chi connectivity index (χ0) is 29.7. The van der Waals surface area contributed by atoms with Crippen LogP contribution in [0.3, 0.4) is 0 Å². The number of alkyl carbamates (subject to hydrolysis) is 1. The van der Waals surface area contributed by atoms with Gasteiger partial charge in [-0.3, -0.25) is 14.4 Å². The van der Waals surface area contributed by atoms with Crippen molar-refractivity contribution in [1.82, 2.24) is 10.6 Å². The van der Waals surface area contributed by atoms with Crippen LogP contribution in [0.25, 0.3) is 10.8 Å². The monoisotopic (exact) mass is 567 g/mol. The SMILES string of the molecule is O=C(O)CCc1ccccc1NC(=O)C(CCCNC(=O)OCc1ccccc1)NC(=O)c1ccc2ccccc2c1. The molecule has 0 saturated heterocycles. The lowest BCUT2D eigenvalue weighted by atomic mass is 10.0. The van der Waals surface area contributed by atoms with Gasteiger partial charge < -0.3 is 25.8 Å². The van der Waals surface area contributed by atoms with E-state index in [4.69, 9.17) is 9.84 Å². The number of fused-ring (bicyclic) bond motifs is 1. The molecule has 4 aromatic rings. The Hall–Kier alpha value is -5.18. The predicted molar refractivity (Wildman–Crippen MR) is 160 cm³/mol. The second-order valence-corrected chi connectivity index (χ2v) is 9.76. The van der Waals surface area contributed by atoms with Crippen molar-refractivity contribution in [2.24, 2.45) is 0 Å². The Morgan fingerprint density at radius 1 is 0.810 bits per heavy atom. The van der Waals surface area contributed by atoms with Crippen molar-refractivity contribution in [2.75, 3.05) is 11.9 Å². The van der Waals surface area contributed by atoms with Gasteiger partial charge in [0, 0.05) is 24.2 Å². The predicted octanol–water partition coefficient (Wildman–Crippen LogP) is 5.30. The number of hydrogen-bond donors (Lipinski definition) is 4. The molecule has 216 valence electrons. The number of nitrogens with one attached hydrogen (secondary N) is 3. The number of aliphatic carboxylic acids is 1. The van der Waals surface area contributed by atoms with E-state index in [1.165, 1.54) is 0 Å². The molecule has 0 aromatic heterocycles. The van der Waals surface area contributed by atoms with E-state index in [0.29, 0.717) is 23.2 Å².